The van der Waals surface area contributed by atoms with Crippen LogP contribution in [0, 0.1) is 0 Å². The van der Waals surface area contributed by atoms with E-state index in [1.807, 2.05) is 0 Å². The summed E-state index contributed by atoms with van der Waals surface area (Å²) in [7, 11) is 0. The molecule has 0 saturated heterocycles. The molecule has 0 aliphatic heterocycles. The Kier molecular flexibility index (Phi) is 8.22. The molecule has 0 fully saturated rings. The van der Waals surface area contributed by atoms with Crippen molar-refractivity contribution in [1.29, 1.82) is 0 Å². The predicted octanol–water partition coefficient (Wildman–Crippen LogP) is -3.60. The fourth-order valence-corrected chi connectivity index (χ4v) is 0. The number of aliphatic hydroxyl groups is 1. The summed E-state index contributed by atoms with van der Waals surface area (Å²) in [6.45, 7) is 1.50. The molecule has 0 heterocycles. The SMILES string of the molecule is CC(N)O.[H-].[Li+]. The van der Waals surface area contributed by atoms with Gasteiger partial charge in [0.15, 0.2) is 0 Å². The van der Waals surface area contributed by atoms with Gasteiger partial charge in [-0.15, -0.1) is 0 Å². The average molecular weight is 69.0 g/mol. The number of nitrogens with two attached hydrogens (primary N) is 1. The van der Waals surface area contributed by atoms with Crippen molar-refractivity contribution < 1.29 is 25.4 Å². The number of hydrogen-bond donors (Lipinski definition) is 2. The summed E-state index contributed by atoms with van der Waals surface area (Å²) in [4.78, 5) is 0. The van der Waals surface area contributed by atoms with E-state index in [1.165, 1.54) is 6.92 Å². The molecule has 5 heavy (non-hydrogen) atoms. The molecule has 2 nitrogen and oxygen atoms in total. The zero-order valence-corrected chi connectivity index (χ0v) is 3.60. The van der Waals surface area contributed by atoms with E-state index >= 15 is 0 Å². The third-order valence-electron chi connectivity index (χ3n) is 0. The first-order valence-corrected chi connectivity index (χ1v) is 1.17. The van der Waals surface area contributed by atoms with Gasteiger partial charge in [-0.2, -0.15) is 0 Å². The summed E-state index contributed by atoms with van der Waals surface area (Å²) in [5.74, 6) is 0. The smallest absolute Gasteiger partial charge is 1.00 e. The van der Waals surface area contributed by atoms with Crippen molar-refractivity contribution in [2.45, 2.75) is 13.2 Å². The third kappa shape index (κ3) is 107. The van der Waals surface area contributed by atoms with Gasteiger partial charge in [-0.3, -0.25) is 0 Å². The van der Waals surface area contributed by atoms with Gasteiger partial charge in [0.05, 0.1) is 6.23 Å². The van der Waals surface area contributed by atoms with Crippen molar-refractivity contribution in [3.05, 3.63) is 0 Å². The van der Waals surface area contributed by atoms with Crippen LogP contribution >= 0.6 is 0 Å². The maximum absolute atomic E-state index is 7.83. The molecule has 0 aliphatic carbocycles. The monoisotopic (exact) mass is 69.1 g/mol. The van der Waals surface area contributed by atoms with Crippen molar-refractivity contribution in [1.82, 2.24) is 0 Å². The zero-order valence-electron chi connectivity index (χ0n) is 4.60. The average Bonchev–Trinajstić information content (AvgIpc) is 0.811. The van der Waals surface area contributed by atoms with Gasteiger partial charge < -0.3 is 12.3 Å². The summed E-state index contributed by atoms with van der Waals surface area (Å²) in [5.41, 5.74) is 4.67. The summed E-state index contributed by atoms with van der Waals surface area (Å²) >= 11 is 0. The summed E-state index contributed by atoms with van der Waals surface area (Å²) < 4.78 is 0. The van der Waals surface area contributed by atoms with E-state index in [0.717, 1.165) is 0 Å². The Labute approximate surface area is 45.0 Å². The van der Waals surface area contributed by atoms with Gasteiger partial charge in [0.25, 0.3) is 0 Å². The summed E-state index contributed by atoms with van der Waals surface area (Å²) in [5, 5.41) is 7.83. The van der Waals surface area contributed by atoms with Crippen LogP contribution in [0.5, 0.6) is 0 Å². The topological polar surface area (TPSA) is 46.2 Å². The van der Waals surface area contributed by atoms with E-state index in [2.05, 4.69) is 5.73 Å². The van der Waals surface area contributed by atoms with Gasteiger partial charge in [-0.05, 0) is 6.92 Å². The number of aliphatic hydroxyl groups excluding tert-OH is 1. The number of rotatable bonds is 0. The minimum atomic E-state index is -0.667. The number of hydrogen-bond acceptors (Lipinski definition) is 2. The van der Waals surface area contributed by atoms with E-state index in [0.29, 0.717) is 0 Å². The molecular formula is C2H8LiNO. The summed E-state index contributed by atoms with van der Waals surface area (Å²) in [6, 6.07) is 0. The van der Waals surface area contributed by atoms with Crippen molar-refractivity contribution in [2.75, 3.05) is 0 Å². The van der Waals surface area contributed by atoms with Gasteiger partial charge in [0.1, 0.15) is 0 Å². The maximum Gasteiger partial charge on any atom is 1.00 e. The van der Waals surface area contributed by atoms with Crippen molar-refractivity contribution in [3.8, 4) is 0 Å². The quantitative estimate of drug-likeness (QED) is 0.228. The molecule has 1 unspecified atom stereocenters. The largest absolute Gasteiger partial charge is 1.00 e. The maximum atomic E-state index is 7.83. The Morgan fingerprint density at radius 3 is 2.00 bits per heavy atom. The van der Waals surface area contributed by atoms with Crippen LogP contribution in [0.3, 0.4) is 0 Å². The molecule has 0 aromatic rings. The van der Waals surface area contributed by atoms with Gasteiger partial charge >= 0.3 is 18.9 Å². The third-order valence-corrected chi connectivity index (χ3v) is 0. The van der Waals surface area contributed by atoms with E-state index < -0.39 is 6.23 Å². The van der Waals surface area contributed by atoms with E-state index in [-0.39, 0.29) is 20.3 Å². The molecule has 3 heteroatoms. The van der Waals surface area contributed by atoms with Gasteiger partial charge in [0, 0.05) is 0 Å². The van der Waals surface area contributed by atoms with E-state index in [4.69, 9.17) is 5.11 Å². The minimum absolute atomic E-state index is 0. The second-order valence-electron chi connectivity index (χ2n) is 0.741. The summed E-state index contributed by atoms with van der Waals surface area (Å²) in [6.07, 6.45) is -0.667. The fraction of sp³-hybridized carbons (Fsp3) is 1.00. The van der Waals surface area contributed by atoms with E-state index in [1.54, 1.807) is 0 Å². The molecule has 0 aromatic heterocycles. The van der Waals surface area contributed by atoms with Crippen LogP contribution in [0.15, 0.2) is 0 Å². The molecule has 28 valence electrons. The molecule has 0 aromatic carbocycles. The second-order valence-corrected chi connectivity index (χ2v) is 0.741. The Bertz CT molecular complexity index is 18.3. The van der Waals surface area contributed by atoms with Crippen molar-refractivity contribution in [2.24, 2.45) is 5.73 Å². The molecule has 1 atom stereocenters. The van der Waals surface area contributed by atoms with Crippen LogP contribution in [-0.2, 0) is 0 Å². The first kappa shape index (κ1) is 9.10. The Balaban J connectivity index is -0.0000000450. The zero-order chi connectivity index (χ0) is 3.58. The van der Waals surface area contributed by atoms with Crippen LogP contribution in [0.4, 0.5) is 0 Å². The Morgan fingerprint density at radius 2 is 2.00 bits per heavy atom. The first-order valence-electron chi connectivity index (χ1n) is 1.17. The molecular weight excluding hydrogens is 61.0 g/mol. The second kappa shape index (κ2) is 4.52. The molecule has 0 aliphatic rings. The standard InChI is InChI=1S/C2H7NO.Li.H/c1-2(3)4;;/h2,4H,3H2,1H3;;/q;+1;-1. The molecule has 0 radical (unpaired) electrons. The van der Waals surface area contributed by atoms with Crippen LogP contribution in [0.2, 0.25) is 0 Å². The van der Waals surface area contributed by atoms with Crippen LogP contribution in [0.1, 0.15) is 8.35 Å². The van der Waals surface area contributed by atoms with Crippen LogP contribution < -0.4 is 24.6 Å². The van der Waals surface area contributed by atoms with Gasteiger partial charge in [0.2, 0.25) is 0 Å². The van der Waals surface area contributed by atoms with Gasteiger partial charge in [-0.1, -0.05) is 0 Å². The molecule has 0 spiro atoms. The molecule has 3 N–H and O–H groups in total. The fourth-order valence-electron chi connectivity index (χ4n) is 0. The molecule has 0 amide bonds. The predicted molar refractivity (Wildman–Crippen MR) is 17.0 cm³/mol. The van der Waals surface area contributed by atoms with Crippen LogP contribution in [-0.4, -0.2) is 11.3 Å². The van der Waals surface area contributed by atoms with Crippen LogP contribution in [0.25, 0.3) is 0 Å². The first-order chi connectivity index (χ1) is 1.73. The molecule has 0 rings (SSSR count). The normalized spacial score (nSPS) is 12.6. The van der Waals surface area contributed by atoms with Gasteiger partial charge in [-0.25, -0.2) is 0 Å². The Hall–Kier alpha value is 0.517. The molecule has 0 saturated carbocycles. The minimum Gasteiger partial charge on any atom is -1.00 e. The van der Waals surface area contributed by atoms with Crippen molar-refractivity contribution >= 4 is 0 Å². The molecule has 0 bridgehead atoms. The van der Waals surface area contributed by atoms with Crippen molar-refractivity contribution in [3.63, 3.8) is 0 Å². The van der Waals surface area contributed by atoms with E-state index in [9.17, 15) is 0 Å². The Morgan fingerprint density at radius 1 is 2.00 bits per heavy atom.